The maximum atomic E-state index is 13.8. The monoisotopic (exact) mass is 379 g/mol. The van der Waals surface area contributed by atoms with Crippen LogP contribution in [0.1, 0.15) is 20.3 Å². The summed E-state index contributed by atoms with van der Waals surface area (Å²) in [6.45, 7) is 9.25. The van der Waals surface area contributed by atoms with Gasteiger partial charge in [0, 0.05) is 44.3 Å². The fraction of sp³-hybridized carbons (Fsp3) is 0.579. The van der Waals surface area contributed by atoms with E-state index >= 15 is 0 Å². The van der Waals surface area contributed by atoms with Crippen LogP contribution >= 0.6 is 0 Å². The van der Waals surface area contributed by atoms with E-state index in [4.69, 9.17) is 0 Å². The molecule has 3 N–H and O–H groups in total. The maximum absolute atomic E-state index is 13.8. The van der Waals surface area contributed by atoms with E-state index in [-0.39, 0.29) is 23.5 Å². The Balaban J connectivity index is 1.74. The van der Waals surface area contributed by atoms with Gasteiger partial charge in [-0.25, -0.2) is 9.18 Å². The topological polar surface area (TPSA) is 76.7 Å². The van der Waals surface area contributed by atoms with Crippen molar-refractivity contribution in [3.8, 4) is 0 Å². The molecule has 0 radical (unpaired) electrons. The number of amides is 3. The molecule has 0 saturated carbocycles. The molecule has 1 aromatic rings. The average molecular weight is 379 g/mol. The summed E-state index contributed by atoms with van der Waals surface area (Å²) < 4.78 is 13.8. The van der Waals surface area contributed by atoms with Crippen LogP contribution in [-0.4, -0.2) is 68.1 Å². The van der Waals surface area contributed by atoms with E-state index in [9.17, 15) is 14.0 Å². The molecule has 27 heavy (non-hydrogen) atoms. The summed E-state index contributed by atoms with van der Waals surface area (Å²) in [5.74, 6) is -1.08. The number of nitrogens with zero attached hydrogens (tertiary/aromatic N) is 2. The van der Waals surface area contributed by atoms with Gasteiger partial charge in [0.25, 0.3) is 0 Å². The van der Waals surface area contributed by atoms with Crippen molar-refractivity contribution in [1.29, 1.82) is 0 Å². The lowest BCUT2D eigenvalue weighted by Gasteiger charge is -2.32. The smallest absolute Gasteiger partial charge is 0.319 e. The highest BCUT2D eigenvalue weighted by molar-refractivity contribution is 5.94. The molecular weight excluding hydrogens is 349 g/mol. The van der Waals surface area contributed by atoms with Crippen molar-refractivity contribution in [3.05, 3.63) is 24.0 Å². The summed E-state index contributed by atoms with van der Waals surface area (Å²) >= 11 is 0. The van der Waals surface area contributed by atoms with E-state index in [1.54, 1.807) is 13.8 Å². The minimum Gasteiger partial charge on any atom is -0.338 e. The van der Waals surface area contributed by atoms with Crippen LogP contribution in [-0.2, 0) is 4.79 Å². The third-order valence-corrected chi connectivity index (χ3v) is 4.54. The summed E-state index contributed by atoms with van der Waals surface area (Å²) in [6.07, 6.45) is 0.871. The molecule has 1 saturated heterocycles. The normalized spacial score (nSPS) is 15.6. The van der Waals surface area contributed by atoms with E-state index in [1.165, 1.54) is 18.2 Å². The lowest BCUT2D eigenvalue weighted by Crippen LogP contribution is -2.45. The molecule has 0 spiro atoms. The summed E-state index contributed by atoms with van der Waals surface area (Å²) in [5.41, 5.74) is 0.480. The van der Waals surface area contributed by atoms with Gasteiger partial charge in [-0.3, -0.25) is 4.79 Å². The zero-order valence-electron chi connectivity index (χ0n) is 16.3. The summed E-state index contributed by atoms with van der Waals surface area (Å²) in [4.78, 5) is 28.4. The minimum absolute atomic E-state index is 0.0570. The predicted molar refractivity (Wildman–Crippen MR) is 105 cm³/mol. The zero-order valence-corrected chi connectivity index (χ0v) is 16.3. The number of rotatable bonds is 7. The number of piperazine rings is 1. The Bertz CT molecular complexity index is 645. The van der Waals surface area contributed by atoms with Crippen molar-refractivity contribution in [2.45, 2.75) is 20.3 Å². The standard InChI is InChI=1S/C19H30FN5O2/c1-14(2)18(26)23-17-13-15(5-6-16(17)20)22-19(27)21-7-4-8-25-11-9-24(3)10-12-25/h5-6,13-14H,4,7-12H2,1-3H3,(H,23,26)(H2,21,22,27). The largest absolute Gasteiger partial charge is 0.338 e. The molecular formula is C19H30FN5O2. The molecule has 7 nitrogen and oxygen atoms in total. The van der Waals surface area contributed by atoms with Crippen LogP contribution in [0.2, 0.25) is 0 Å². The zero-order chi connectivity index (χ0) is 19.8. The van der Waals surface area contributed by atoms with Crippen LogP contribution in [0.5, 0.6) is 0 Å². The van der Waals surface area contributed by atoms with Gasteiger partial charge in [-0.15, -0.1) is 0 Å². The number of carbonyl (C=O) groups excluding carboxylic acids is 2. The molecule has 0 aliphatic carbocycles. The molecule has 1 heterocycles. The second-order valence-corrected chi connectivity index (χ2v) is 7.22. The van der Waals surface area contributed by atoms with Crippen LogP contribution < -0.4 is 16.0 Å². The van der Waals surface area contributed by atoms with Crippen LogP contribution in [0.3, 0.4) is 0 Å². The number of nitrogens with one attached hydrogen (secondary N) is 3. The lowest BCUT2D eigenvalue weighted by molar-refractivity contribution is -0.118. The Morgan fingerprint density at radius 2 is 1.85 bits per heavy atom. The molecule has 0 bridgehead atoms. The van der Waals surface area contributed by atoms with Gasteiger partial charge in [-0.1, -0.05) is 13.8 Å². The number of hydrogen-bond acceptors (Lipinski definition) is 4. The molecule has 3 amide bonds. The second-order valence-electron chi connectivity index (χ2n) is 7.22. The van der Waals surface area contributed by atoms with E-state index in [2.05, 4.69) is 32.8 Å². The second kappa shape index (κ2) is 10.2. The van der Waals surface area contributed by atoms with E-state index in [0.29, 0.717) is 12.2 Å². The highest BCUT2D eigenvalue weighted by atomic mass is 19.1. The average Bonchev–Trinajstić information content (AvgIpc) is 2.63. The number of likely N-dealkylation sites (N-methyl/N-ethyl adjacent to an activating group) is 1. The molecule has 8 heteroatoms. The van der Waals surface area contributed by atoms with Gasteiger partial charge in [-0.05, 0) is 38.2 Å². The van der Waals surface area contributed by atoms with Crippen LogP contribution in [0.15, 0.2) is 18.2 Å². The summed E-state index contributed by atoms with van der Waals surface area (Å²) in [7, 11) is 2.12. The molecule has 0 atom stereocenters. The number of benzene rings is 1. The highest BCUT2D eigenvalue weighted by Crippen LogP contribution is 2.20. The number of carbonyl (C=O) groups is 2. The van der Waals surface area contributed by atoms with Gasteiger partial charge in [0.1, 0.15) is 5.82 Å². The van der Waals surface area contributed by atoms with Gasteiger partial charge in [0.05, 0.1) is 5.69 Å². The molecule has 1 aromatic carbocycles. The maximum Gasteiger partial charge on any atom is 0.319 e. The van der Waals surface area contributed by atoms with E-state index in [1.807, 2.05) is 0 Å². The van der Waals surface area contributed by atoms with Crippen molar-refractivity contribution in [2.24, 2.45) is 5.92 Å². The molecule has 0 aromatic heterocycles. The van der Waals surface area contributed by atoms with Gasteiger partial charge < -0.3 is 25.8 Å². The summed E-state index contributed by atoms with van der Waals surface area (Å²) in [6, 6.07) is 3.75. The van der Waals surface area contributed by atoms with Crippen molar-refractivity contribution in [2.75, 3.05) is 56.9 Å². The quantitative estimate of drug-likeness (QED) is 0.635. The number of urea groups is 1. The Morgan fingerprint density at radius 3 is 2.52 bits per heavy atom. The van der Waals surface area contributed by atoms with Gasteiger partial charge in [-0.2, -0.15) is 0 Å². The van der Waals surface area contributed by atoms with E-state index < -0.39 is 5.82 Å². The highest BCUT2D eigenvalue weighted by Gasteiger charge is 2.14. The first kappa shape index (κ1) is 21.1. The third-order valence-electron chi connectivity index (χ3n) is 4.54. The Kier molecular flexibility index (Phi) is 7.99. The Hall–Kier alpha value is -2.19. The SMILES string of the molecule is CC(C)C(=O)Nc1cc(NC(=O)NCCCN2CCN(C)CC2)ccc1F. The Labute approximate surface area is 160 Å². The first-order valence-corrected chi connectivity index (χ1v) is 9.41. The molecule has 150 valence electrons. The first-order valence-electron chi connectivity index (χ1n) is 9.41. The van der Waals surface area contributed by atoms with Crippen LogP contribution in [0, 0.1) is 11.7 Å². The summed E-state index contributed by atoms with van der Waals surface area (Å²) in [5, 5.41) is 7.99. The van der Waals surface area contributed by atoms with E-state index in [0.717, 1.165) is 39.1 Å². The Morgan fingerprint density at radius 1 is 1.15 bits per heavy atom. The number of hydrogen-bond donors (Lipinski definition) is 3. The molecule has 1 fully saturated rings. The van der Waals surface area contributed by atoms with Crippen molar-refractivity contribution in [3.63, 3.8) is 0 Å². The number of halogens is 1. The van der Waals surface area contributed by atoms with Crippen molar-refractivity contribution >= 4 is 23.3 Å². The minimum atomic E-state index is -0.540. The van der Waals surface area contributed by atoms with Gasteiger partial charge >= 0.3 is 6.03 Å². The molecule has 1 aliphatic rings. The van der Waals surface area contributed by atoms with Gasteiger partial charge in [0.2, 0.25) is 5.91 Å². The fourth-order valence-electron chi connectivity index (χ4n) is 2.73. The number of anilines is 2. The predicted octanol–water partition coefficient (Wildman–Crippen LogP) is 2.18. The first-order chi connectivity index (χ1) is 12.8. The molecule has 0 unspecified atom stereocenters. The molecule has 2 rings (SSSR count). The van der Waals surface area contributed by atoms with Gasteiger partial charge in [0.15, 0.2) is 0 Å². The van der Waals surface area contributed by atoms with Crippen molar-refractivity contribution in [1.82, 2.24) is 15.1 Å². The van der Waals surface area contributed by atoms with Crippen LogP contribution in [0.4, 0.5) is 20.6 Å². The third kappa shape index (κ3) is 7.15. The fourth-order valence-corrected chi connectivity index (χ4v) is 2.73. The lowest BCUT2D eigenvalue weighted by atomic mass is 10.2. The molecule has 1 aliphatic heterocycles. The van der Waals surface area contributed by atoms with Crippen molar-refractivity contribution < 1.29 is 14.0 Å². The van der Waals surface area contributed by atoms with Crippen LogP contribution in [0.25, 0.3) is 0 Å².